The van der Waals surface area contributed by atoms with Gasteiger partial charge in [0.1, 0.15) is 0 Å². The fourth-order valence-corrected chi connectivity index (χ4v) is 2.05. The largest absolute Gasteiger partial charge is 0.391 e. The van der Waals surface area contributed by atoms with Crippen LogP contribution in [0.3, 0.4) is 0 Å². The summed E-state index contributed by atoms with van der Waals surface area (Å²) >= 11 is 0. The lowest BCUT2D eigenvalue weighted by molar-refractivity contribution is -0.385. The second-order valence-corrected chi connectivity index (χ2v) is 4.45. The maximum absolute atomic E-state index is 12.1. The summed E-state index contributed by atoms with van der Waals surface area (Å²) in [5.74, 6) is -0.269. The molecule has 1 saturated heterocycles. The summed E-state index contributed by atoms with van der Waals surface area (Å²) in [7, 11) is 0. The molecular weight excluding hydrogens is 236 g/mol. The van der Waals surface area contributed by atoms with Gasteiger partial charge >= 0.3 is 0 Å². The van der Waals surface area contributed by atoms with Crippen LogP contribution in [-0.2, 0) is 0 Å². The van der Waals surface area contributed by atoms with Gasteiger partial charge in [-0.3, -0.25) is 14.9 Å². The lowest BCUT2D eigenvalue weighted by Crippen LogP contribution is -2.29. The van der Waals surface area contributed by atoms with Crippen LogP contribution in [0.25, 0.3) is 0 Å². The summed E-state index contributed by atoms with van der Waals surface area (Å²) in [6, 6.07) is 4.44. The quantitative estimate of drug-likeness (QED) is 0.629. The van der Waals surface area contributed by atoms with Crippen LogP contribution in [-0.4, -0.2) is 40.0 Å². The molecule has 2 rings (SSSR count). The fourth-order valence-electron chi connectivity index (χ4n) is 2.05. The maximum Gasteiger partial charge on any atom is 0.273 e. The van der Waals surface area contributed by atoms with Crippen LogP contribution in [0, 0.1) is 17.0 Å². The monoisotopic (exact) mass is 250 g/mol. The van der Waals surface area contributed by atoms with E-state index in [0.29, 0.717) is 30.6 Å². The van der Waals surface area contributed by atoms with E-state index in [-0.39, 0.29) is 11.6 Å². The van der Waals surface area contributed by atoms with Crippen LogP contribution in [0.2, 0.25) is 0 Å². The number of aliphatic hydroxyl groups is 1. The molecule has 1 aromatic carbocycles. The van der Waals surface area contributed by atoms with Crippen molar-refractivity contribution < 1.29 is 14.8 Å². The zero-order chi connectivity index (χ0) is 13.3. The average molecular weight is 250 g/mol. The highest BCUT2D eigenvalue weighted by Gasteiger charge is 2.26. The third-order valence-electron chi connectivity index (χ3n) is 3.10. The summed E-state index contributed by atoms with van der Waals surface area (Å²) < 4.78 is 0. The van der Waals surface area contributed by atoms with Crippen LogP contribution in [0.1, 0.15) is 22.3 Å². The number of hydrogen-bond acceptors (Lipinski definition) is 4. The minimum atomic E-state index is -0.495. The third kappa shape index (κ3) is 2.33. The molecule has 18 heavy (non-hydrogen) atoms. The molecule has 1 N–H and O–H groups in total. The van der Waals surface area contributed by atoms with Gasteiger partial charge in [-0.1, -0.05) is 6.07 Å². The number of amides is 1. The minimum absolute atomic E-state index is 0.0550. The van der Waals surface area contributed by atoms with Crippen LogP contribution in [0.5, 0.6) is 0 Å². The van der Waals surface area contributed by atoms with Gasteiger partial charge in [0.2, 0.25) is 0 Å². The molecule has 1 aromatic rings. The number of β-amino-alcohol motifs (C(OH)–C–C–N with tert-alkyl or cyclic N) is 1. The molecule has 0 aliphatic carbocycles. The topological polar surface area (TPSA) is 83.7 Å². The summed E-state index contributed by atoms with van der Waals surface area (Å²) in [6.07, 6.45) is 0.0639. The number of nitro benzene ring substituents is 1. The third-order valence-corrected chi connectivity index (χ3v) is 3.10. The number of benzene rings is 1. The molecule has 1 atom stereocenters. The predicted octanol–water partition coefficient (Wildman–Crippen LogP) is 1.11. The summed E-state index contributed by atoms with van der Waals surface area (Å²) in [5.41, 5.74) is 0.764. The first-order valence-corrected chi connectivity index (χ1v) is 5.71. The highest BCUT2D eigenvalue weighted by molar-refractivity contribution is 5.95. The summed E-state index contributed by atoms with van der Waals surface area (Å²) in [4.78, 5) is 23.9. The van der Waals surface area contributed by atoms with Crippen LogP contribution < -0.4 is 0 Å². The Labute approximate surface area is 104 Å². The van der Waals surface area contributed by atoms with Gasteiger partial charge in [-0.25, -0.2) is 0 Å². The summed E-state index contributed by atoms with van der Waals surface area (Å²) in [6.45, 7) is 2.41. The Morgan fingerprint density at radius 2 is 2.28 bits per heavy atom. The van der Waals surface area contributed by atoms with Crippen molar-refractivity contribution in [3.8, 4) is 0 Å². The number of aryl methyl sites for hydroxylation is 1. The van der Waals surface area contributed by atoms with E-state index in [1.807, 2.05) is 0 Å². The zero-order valence-corrected chi connectivity index (χ0v) is 10.00. The predicted molar refractivity (Wildman–Crippen MR) is 64.4 cm³/mol. The minimum Gasteiger partial charge on any atom is -0.391 e. The molecule has 6 heteroatoms. The van der Waals surface area contributed by atoms with E-state index in [9.17, 15) is 20.0 Å². The van der Waals surface area contributed by atoms with E-state index in [0.717, 1.165) is 0 Å². The van der Waals surface area contributed by atoms with Crippen molar-refractivity contribution in [1.29, 1.82) is 0 Å². The molecule has 0 spiro atoms. The van der Waals surface area contributed by atoms with E-state index in [2.05, 4.69) is 0 Å². The second kappa shape index (κ2) is 4.73. The standard InChI is InChI=1S/C12H14N2O4/c1-8-2-3-9(6-11(8)14(17)18)12(16)13-5-4-10(15)7-13/h2-3,6,10,15H,4-5,7H2,1H3. The lowest BCUT2D eigenvalue weighted by atomic mass is 10.1. The number of hydrogen-bond donors (Lipinski definition) is 1. The molecule has 0 saturated carbocycles. The molecule has 6 nitrogen and oxygen atoms in total. The van der Waals surface area contributed by atoms with Gasteiger partial charge < -0.3 is 10.0 Å². The average Bonchev–Trinajstić information content (AvgIpc) is 2.75. The van der Waals surface area contributed by atoms with E-state index < -0.39 is 11.0 Å². The Morgan fingerprint density at radius 3 is 2.83 bits per heavy atom. The normalized spacial score (nSPS) is 19.0. The molecule has 96 valence electrons. The van der Waals surface area contributed by atoms with Gasteiger partial charge in [-0.15, -0.1) is 0 Å². The molecule has 1 aliphatic heterocycles. The van der Waals surface area contributed by atoms with Crippen molar-refractivity contribution in [3.05, 3.63) is 39.4 Å². The molecule has 0 radical (unpaired) electrons. The van der Waals surface area contributed by atoms with Crippen molar-refractivity contribution in [2.45, 2.75) is 19.4 Å². The molecule has 0 aromatic heterocycles. The van der Waals surface area contributed by atoms with Gasteiger partial charge in [-0.05, 0) is 19.4 Å². The highest BCUT2D eigenvalue weighted by atomic mass is 16.6. The maximum atomic E-state index is 12.1. The van der Waals surface area contributed by atoms with Crippen molar-refractivity contribution in [2.75, 3.05) is 13.1 Å². The van der Waals surface area contributed by atoms with Gasteiger partial charge in [-0.2, -0.15) is 0 Å². The molecule has 0 bridgehead atoms. The number of aliphatic hydroxyl groups excluding tert-OH is 1. The van der Waals surface area contributed by atoms with Gasteiger partial charge in [0.15, 0.2) is 0 Å². The van der Waals surface area contributed by atoms with E-state index in [1.165, 1.54) is 11.0 Å². The first kappa shape index (κ1) is 12.5. The van der Waals surface area contributed by atoms with Crippen LogP contribution in [0.15, 0.2) is 18.2 Å². The number of rotatable bonds is 2. The summed E-state index contributed by atoms with van der Waals surface area (Å²) in [5, 5.41) is 20.2. The lowest BCUT2D eigenvalue weighted by Gasteiger charge is -2.15. The Morgan fingerprint density at radius 1 is 1.56 bits per heavy atom. The molecule has 1 amide bonds. The van der Waals surface area contributed by atoms with Crippen LogP contribution in [0.4, 0.5) is 5.69 Å². The number of likely N-dealkylation sites (tertiary alicyclic amines) is 1. The van der Waals surface area contributed by atoms with E-state index in [1.54, 1.807) is 19.1 Å². The van der Waals surface area contributed by atoms with E-state index in [4.69, 9.17) is 0 Å². The van der Waals surface area contributed by atoms with Crippen molar-refractivity contribution in [3.63, 3.8) is 0 Å². The van der Waals surface area contributed by atoms with Gasteiger partial charge in [0, 0.05) is 30.3 Å². The Hall–Kier alpha value is -1.95. The molecular formula is C12H14N2O4. The highest BCUT2D eigenvalue weighted by Crippen LogP contribution is 2.21. The molecule has 1 unspecified atom stereocenters. The van der Waals surface area contributed by atoms with Gasteiger partial charge in [0.25, 0.3) is 11.6 Å². The van der Waals surface area contributed by atoms with Gasteiger partial charge in [0.05, 0.1) is 11.0 Å². The Balaban J connectivity index is 2.26. The van der Waals surface area contributed by atoms with Crippen LogP contribution >= 0.6 is 0 Å². The smallest absolute Gasteiger partial charge is 0.273 e. The van der Waals surface area contributed by atoms with Crippen molar-refractivity contribution >= 4 is 11.6 Å². The van der Waals surface area contributed by atoms with E-state index >= 15 is 0 Å². The molecule has 1 fully saturated rings. The first-order valence-electron chi connectivity index (χ1n) is 5.71. The Kier molecular flexibility index (Phi) is 3.29. The molecule has 1 aliphatic rings. The second-order valence-electron chi connectivity index (χ2n) is 4.45. The Bertz CT molecular complexity index is 501. The number of nitrogens with zero attached hydrogens (tertiary/aromatic N) is 2. The SMILES string of the molecule is Cc1ccc(C(=O)N2CCC(O)C2)cc1[N+](=O)[O-]. The number of carbonyl (C=O) groups excluding carboxylic acids is 1. The van der Waals surface area contributed by atoms with Crippen molar-refractivity contribution in [1.82, 2.24) is 4.90 Å². The molecule has 1 heterocycles. The first-order chi connectivity index (χ1) is 8.49. The zero-order valence-electron chi connectivity index (χ0n) is 10.00. The van der Waals surface area contributed by atoms with Crippen molar-refractivity contribution in [2.24, 2.45) is 0 Å². The number of nitro groups is 1. The fraction of sp³-hybridized carbons (Fsp3) is 0.417. The number of carbonyl (C=O) groups is 1.